The predicted molar refractivity (Wildman–Crippen MR) is 269 cm³/mol. The summed E-state index contributed by atoms with van der Waals surface area (Å²) < 4.78 is 8.41. The first-order valence-electron chi connectivity index (χ1n) is 24.6. The molecule has 70 heavy (non-hydrogen) atoms. The van der Waals surface area contributed by atoms with Crippen LogP contribution in [0.3, 0.4) is 0 Å². The van der Waals surface area contributed by atoms with E-state index in [1.54, 1.807) is 37.3 Å². The van der Waals surface area contributed by atoms with Crippen LogP contribution in [0.25, 0.3) is 33.3 Å². The number of benzene rings is 2. The number of nitrogens with zero attached hydrogens (tertiary/aromatic N) is 7. The lowest BCUT2D eigenvalue weighted by atomic mass is 9.84. The lowest BCUT2D eigenvalue weighted by molar-refractivity contribution is -0.155. The number of carbonyl (C=O) groups excluding carboxylic acids is 5. The molecule has 16 heteroatoms. The molecule has 6 bridgehead atoms. The Morgan fingerprint density at radius 2 is 1.79 bits per heavy atom. The van der Waals surface area contributed by atoms with Crippen LogP contribution in [-0.2, 0) is 48.1 Å². The molecule has 4 amide bonds. The van der Waals surface area contributed by atoms with Crippen LogP contribution in [0.2, 0.25) is 0 Å². The zero-order valence-corrected chi connectivity index (χ0v) is 42.8. The molecule has 3 N–H and O–H groups in total. The Morgan fingerprint density at radius 3 is 2.49 bits per heavy atom. The number of likely N-dealkylation sites (N-methyl/N-ethyl adjacent to an activating group) is 1. The Labute approximate surface area is 412 Å². The monoisotopic (exact) mass is 958 g/mol. The number of hydrazine groups is 1. The van der Waals surface area contributed by atoms with Gasteiger partial charge in [0.15, 0.2) is 0 Å². The average Bonchev–Trinajstić information content (AvgIpc) is 3.86. The Hall–Kier alpha value is -6.31. The number of cyclic esters (lactones) is 1. The first kappa shape index (κ1) is 51.5. The summed E-state index contributed by atoms with van der Waals surface area (Å²) in [4.78, 5) is 85.0. The topological polar surface area (TPSA) is 183 Å². The third-order valence-corrected chi connectivity index (χ3v) is 13.9. The van der Waals surface area contributed by atoms with Gasteiger partial charge < -0.3 is 29.5 Å². The molecule has 0 spiro atoms. The van der Waals surface area contributed by atoms with Crippen molar-refractivity contribution in [1.29, 1.82) is 0 Å². The van der Waals surface area contributed by atoms with E-state index in [1.807, 2.05) is 51.2 Å². The number of ether oxygens (including phenoxy) is 1. The van der Waals surface area contributed by atoms with Crippen LogP contribution in [0.5, 0.6) is 5.75 Å². The number of phenolic OH excluding ortho intramolecular Hbond substituents is 1. The van der Waals surface area contributed by atoms with Crippen molar-refractivity contribution in [1.82, 2.24) is 45.0 Å². The highest BCUT2D eigenvalue weighted by Crippen LogP contribution is 2.42. The van der Waals surface area contributed by atoms with Crippen molar-refractivity contribution < 1.29 is 33.8 Å². The van der Waals surface area contributed by atoms with Gasteiger partial charge in [-0.2, -0.15) is 0 Å². The summed E-state index contributed by atoms with van der Waals surface area (Å²) in [5, 5.41) is 16.8. The lowest BCUT2D eigenvalue weighted by Gasteiger charge is -2.38. The van der Waals surface area contributed by atoms with E-state index in [4.69, 9.17) is 9.72 Å². The number of carbonyl (C=O) groups is 5. The second-order valence-electron chi connectivity index (χ2n) is 21.4. The van der Waals surface area contributed by atoms with E-state index >= 15 is 0 Å². The number of fused-ring (bicyclic) bond motifs is 6. The number of phenols is 1. The molecular formula is C54H71N9O7. The minimum absolute atomic E-state index is 0.0129. The van der Waals surface area contributed by atoms with Gasteiger partial charge in [-0.05, 0) is 118 Å². The minimum Gasteiger partial charge on any atom is -0.508 e. The lowest BCUT2D eigenvalue weighted by Crippen LogP contribution is -2.62. The maximum atomic E-state index is 14.8. The largest absolute Gasteiger partial charge is 0.508 e. The fourth-order valence-electron chi connectivity index (χ4n) is 10.4. The van der Waals surface area contributed by atoms with Crippen LogP contribution in [0, 0.1) is 28.6 Å². The van der Waals surface area contributed by atoms with Gasteiger partial charge in [0.1, 0.15) is 30.2 Å². The smallest absolute Gasteiger partial charge is 0.324 e. The van der Waals surface area contributed by atoms with Crippen LogP contribution in [0.1, 0.15) is 97.4 Å². The number of likely N-dealkylation sites (tertiary alicyclic amines) is 1. The number of nitrogens with one attached hydrogen (secondary N) is 2. The first-order valence-corrected chi connectivity index (χ1v) is 24.6. The number of aromatic nitrogens is 3. The second-order valence-corrected chi connectivity index (χ2v) is 21.4. The quantitative estimate of drug-likeness (QED) is 0.141. The van der Waals surface area contributed by atoms with Crippen molar-refractivity contribution in [3.8, 4) is 40.0 Å². The van der Waals surface area contributed by atoms with E-state index in [0.29, 0.717) is 56.4 Å². The normalized spacial score (nSPS) is 21.1. The van der Waals surface area contributed by atoms with Gasteiger partial charge in [-0.3, -0.25) is 33.9 Å². The molecule has 0 aliphatic carbocycles. The molecule has 2 saturated heterocycles. The Bertz CT molecular complexity index is 2720. The van der Waals surface area contributed by atoms with Crippen LogP contribution < -0.4 is 10.7 Å². The number of aryl methyl sites for hydroxylation is 1. The summed E-state index contributed by atoms with van der Waals surface area (Å²) in [6, 6.07) is 8.47. The van der Waals surface area contributed by atoms with Crippen LogP contribution in [0.15, 0.2) is 48.9 Å². The molecule has 0 saturated carbocycles. The van der Waals surface area contributed by atoms with Gasteiger partial charge in [-0.25, -0.2) is 15.4 Å². The van der Waals surface area contributed by atoms with E-state index in [1.165, 1.54) is 9.91 Å². The van der Waals surface area contributed by atoms with Crippen LogP contribution in [0.4, 0.5) is 0 Å². The van der Waals surface area contributed by atoms with Crippen molar-refractivity contribution in [2.45, 2.75) is 118 Å². The Morgan fingerprint density at radius 1 is 1.03 bits per heavy atom. The molecule has 16 nitrogen and oxygen atoms in total. The number of hydrogen-bond acceptors (Lipinski definition) is 11. The minimum atomic E-state index is -1.18. The highest BCUT2D eigenvalue weighted by Gasteiger charge is 2.46. The summed E-state index contributed by atoms with van der Waals surface area (Å²) in [6.07, 6.45) is 5.33. The Kier molecular flexibility index (Phi) is 15.4. The fourth-order valence-corrected chi connectivity index (χ4v) is 10.4. The molecule has 0 radical (unpaired) electrons. The highest BCUT2D eigenvalue weighted by molar-refractivity contribution is 5.97. The fraction of sp³-hybridized carbons (Fsp3) is 0.537. The standard InChI is InChI=1S/C54H71N9O7/c1-12-62-44-18-17-36-27-39(44)40(48(62)41-29-55-32-56-46(41)33(2)3)28-53(6,7)31-70-51(68)42-15-13-21-63(58-42)50(67)43(25-35-23-37(36)26-38(64)24-35)57-49(66)47(34(4)5)60(11)52(69)54(8)19-22-61(30-54)45(65)16-14-20-59(9)10/h17-18,23-24,26-27,29,32-34,42-43,47,58,64H,12-13,15,19-22,25,28,30-31H2,1-11H3,(H,57,66)/t42-,43-,47-,54+/m0/s1. The number of esters is 1. The van der Waals surface area contributed by atoms with Crippen molar-refractivity contribution in [2.24, 2.45) is 16.7 Å². The summed E-state index contributed by atoms with van der Waals surface area (Å²) >= 11 is 0. The molecule has 2 fully saturated rings. The molecule has 2 aromatic carbocycles. The van der Waals surface area contributed by atoms with Crippen molar-refractivity contribution in [2.75, 3.05) is 53.9 Å². The molecule has 7 rings (SSSR count). The average molecular weight is 958 g/mol. The summed E-state index contributed by atoms with van der Waals surface area (Å²) in [5.74, 6) is 3.14. The van der Waals surface area contributed by atoms with Crippen molar-refractivity contribution >= 4 is 40.5 Å². The van der Waals surface area contributed by atoms with Crippen molar-refractivity contribution in [3.05, 3.63) is 65.7 Å². The molecule has 4 atom stereocenters. The summed E-state index contributed by atoms with van der Waals surface area (Å²) in [5.41, 5.74) is 8.71. The van der Waals surface area contributed by atoms with Gasteiger partial charge >= 0.3 is 5.97 Å². The number of aromatic hydroxyl groups is 1. The molecule has 3 aliphatic heterocycles. The van der Waals surface area contributed by atoms with E-state index < -0.39 is 46.7 Å². The summed E-state index contributed by atoms with van der Waals surface area (Å²) in [7, 11) is 5.32. The second kappa shape index (κ2) is 21.0. The van der Waals surface area contributed by atoms with Crippen LogP contribution >= 0.6 is 0 Å². The molecule has 5 heterocycles. The molecule has 374 valence electrons. The van der Waals surface area contributed by atoms with E-state index in [-0.39, 0.29) is 55.5 Å². The zero-order chi connectivity index (χ0) is 50.8. The number of hydrogen-bond donors (Lipinski definition) is 3. The van der Waals surface area contributed by atoms with Gasteiger partial charge in [0.05, 0.1) is 30.0 Å². The highest BCUT2D eigenvalue weighted by atomic mass is 16.5. The zero-order valence-electron chi connectivity index (χ0n) is 42.8. The van der Waals surface area contributed by atoms with Crippen molar-refractivity contribution in [3.63, 3.8) is 0 Å². The maximum absolute atomic E-state index is 14.8. The maximum Gasteiger partial charge on any atom is 0.324 e. The third kappa shape index (κ3) is 11.0. The SMILES string of the molecule is CCn1c(-c2cncnc2C(C)C)c2c3cc(ccc31)-c1cc(O)cc(c1)C[C@H](NC(=O)[C@H](C(C)C)N(C)C(=O)[C@]1(C)CCN(C(=O)C#CCN(C)C)C1)C(=O)N1CCC[C@H](N1)C(=O)OCC(C)(C)C2. The molecule has 0 unspecified atom stereocenters. The number of amides is 4. The summed E-state index contributed by atoms with van der Waals surface area (Å²) in [6.45, 7) is 18.0. The molecule has 3 aliphatic rings. The molecular weight excluding hydrogens is 887 g/mol. The van der Waals surface area contributed by atoms with Crippen LogP contribution in [-0.4, -0.2) is 141 Å². The molecule has 2 aromatic heterocycles. The number of rotatable bonds is 9. The van der Waals surface area contributed by atoms with Gasteiger partial charge in [0, 0.05) is 67.7 Å². The molecule has 4 aromatic rings. The van der Waals surface area contributed by atoms with E-state index in [0.717, 1.165) is 39.0 Å². The van der Waals surface area contributed by atoms with Gasteiger partial charge in [-0.15, -0.1) is 0 Å². The van der Waals surface area contributed by atoms with E-state index in [2.05, 4.69) is 78.9 Å². The first-order chi connectivity index (χ1) is 33.1. The van der Waals surface area contributed by atoms with Gasteiger partial charge in [0.25, 0.3) is 11.8 Å². The predicted octanol–water partition coefficient (Wildman–Crippen LogP) is 5.55. The third-order valence-electron chi connectivity index (χ3n) is 13.9. The van der Waals surface area contributed by atoms with Gasteiger partial charge in [0.2, 0.25) is 11.8 Å². The Balaban J connectivity index is 1.27. The van der Waals surface area contributed by atoms with E-state index in [9.17, 15) is 29.1 Å². The van der Waals surface area contributed by atoms with Gasteiger partial charge in [-0.1, -0.05) is 59.6 Å².